The van der Waals surface area contributed by atoms with Gasteiger partial charge < -0.3 is 4.74 Å². The molecule has 0 N–H and O–H groups in total. The number of ketones is 1. The van der Waals surface area contributed by atoms with Crippen LogP contribution in [-0.2, 0) is 9.53 Å². The lowest BCUT2D eigenvalue weighted by molar-refractivity contribution is -0.142. The van der Waals surface area contributed by atoms with E-state index in [0.29, 0.717) is 17.8 Å². The smallest absolute Gasteiger partial charge is 0.162 e. The van der Waals surface area contributed by atoms with Gasteiger partial charge in [-0.2, -0.15) is 0 Å². The largest absolute Gasteiger partial charge is 0.366 e. The zero-order valence-corrected chi connectivity index (χ0v) is 7.82. The highest BCUT2D eigenvalue weighted by Gasteiger charge is 2.62. The minimum Gasteiger partial charge on any atom is -0.366 e. The van der Waals surface area contributed by atoms with Gasteiger partial charge in [-0.05, 0) is 25.7 Å². The molecule has 2 nitrogen and oxygen atoms in total. The molecule has 2 fully saturated rings. The van der Waals surface area contributed by atoms with Gasteiger partial charge in [0.25, 0.3) is 0 Å². The Kier molecular flexibility index (Phi) is 1.33. The Morgan fingerprint density at radius 3 is 3.08 bits per heavy atom. The molecule has 13 heavy (non-hydrogen) atoms. The molecule has 0 aromatic heterocycles. The van der Waals surface area contributed by atoms with Crippen molar-refractivity contribution in [3.63, 3.8) is 0 Å². The molecule has 0 radical (unpaired) electrons. The zero-order valence-electron chi connectivity index (χ0n) is 7.82. The van der Waals surface area contributed by atoms with Crippen molar-refractivity contribution in [3.05, 3.63) is 12.2 Å². The highest BCUT2D eigenvalue weighted by molar-refractivity contribution is 5.87. The molecule has 0 amide bonds. The van der Waals surface area contributed by atoms with Gasteiger partial charge in [0, 0.05) is 18.4 Å². The number of carbonyl (C=O) groups excluding carboxylic acids is 1. The van der Waals surface area contributed by atoms with Crippen LogP contribution in [0.4, 0.5) is 0 Å². The van der Waals surface area contributed by atoms with Gasteiger partial charge in [0.1, 0.15) is 5.60 Å². The summed E-state index contributed by atoms with van der Waals surface area (Å²) in [7, 11) is 0. The van der Waals surface area contributed by atoms with Crippen LogP contribution in [0.1, 0.15) is 19.8 Å². The maximum absolute atomic E-state index is 11.7. The van der Waals surface area contributed by atoms with E-state index in [1.165, 1.54) is 0 Å². The van der Waals surface area contributed by atoms with Crippen LogP contribution in [0.15, 0.2) is 12.2 Å². The summed E-state index contributed by atoms with van der Waals surface area (Å²) in [5.41, 5.74) is -0.403. The number of hydrogen-bond donors (Lipinski definition) is 0. The molecule has 0 aromatic rings. The Labute approximate surface area is 78.0 Å². The first-order chi connectivity index (χ1) is 6.25. The van der Waals surface area contributed by atoms with E-state index in [-0.39, 0.29) is 5.78 Å². The average Bonchev–Trinajstić information content (AvgIpc) is 2.76. The van der Waals surface area contributed by atoms with Crippen molar-refractivity contribution in [2.24, 2.45) is 17.8 Å². The third kappa shape index (κ3) is 0.715. The van der Waals surface area contributed by atoms with Gasteiger partial charge in [-0.15, -0.1) is 0 Å². The van der Waals surface area contributed by atoms with Crippen LogP contribution >= 0.6 is 0 Å². The highest BCUT2D eigenvalue weighted by Crippen LogP contribution is 2.57. The van der Waals surface area contributed by atoms with Crippen LogP contribution in [0, 0.1) is 17.8 Å². The first kappa shape index (κ1) is 7.74. The van der Waals surface area contributed by atoms with E-state index in [1.807, 2.05) is 0 Å². The van der Waals surface area contributed by atoms with Gasteiger partial charge in [-0.1, -0.05) is 12.2 Å². The third-order valence-electron chi connectivity index (χ3n) is 4.06. The average molecular weight is 178 g/mol. The summed E-state index contributed by atoms with van der Waals surface area (Å²) < 4.78 is 5.76. The van der Waals surface area contributed by atoms with Crippen molar-refractivity contribution in [3.8, 4) is 0 Å². The topological polar surface area (TPSA) is 26.3 Å². The quantitative estimate of drug-likeness (QED) is 0.569. The molecule has 2 aliphatic carbocycles. The lowest BCUT2D eigenvalue weighted by Gasteiger charge is -2.33. The second-order valence-corrected chi connectivity index (χ2v) is 4.48. The fraction of sp³-hybridized carbons (Fsp3) is 0.727. The molecule has 0 unspecified atom stereocenters. The summed E-state index contributed by atoms with van der Waals surface area (Å²) in [5.74, 6) is 1.73. The van der Waals surface area contributed by atoms with E-state index >= 15 is 0 Å². The van der Waals surface area contributed by atoms with Crippen LogP contribution in [-0.4, -0.2) is 18.0 Å². The van der Waals surface area contributed by atoms with Crippen molar-refractivity contribution < 1.29 is 9.53 Å². The van der Waals surface area contributed by atoms with Crippen molar-refractivity contribution >= 4 is 5.78 Å². The van der Waals surface area contributed by atoms with E-state index in [9.17, 15) is 4.79 Å². The molecule has 0 spiro atoms. The molecular weight excluding hydrogens is 164 g/mol. The Balaban J connectivity index is 2.09. The predicted molar refractivity (Wildman–Crippen MR) is 48.2 cm³/mol. The van der Waals surface area contributed by atoms with Crippen LogP contribution in [0.2, 0.25) is 0 Å². The fourth-order valence-electron chi connectivity index (χ4n) is 3.56. The molecule has 4 atom stereocenters. The van der Waals surface area contributed by atoms with Gasteiger partial charge in [0.2, 0.25) is 0 Å². The van der Waals surface area contributed by atoms with Crippen molar-refractivity contribution in [2.45, 2.75) is 25.4 Å². The lowest BCUT2D eigenvalue weighted by atomic mass is 9.76. The maximum atomic E-state index is 11.7. The highest BCUT2D eigenvalue weighted by atomic mass is 16.5. The van der Waals surface area contributed by atoms with E-state index in [4.69, 9.17) is 4.74 Å². The number of hydrogen-bond acceptors (Lipinski definition) is 2. The second-order valence-electron chi connectivity index (χ2n) is 4.48. The Bertz CT molecular complexity index is 294. The van der Waals surface area contributed by atoms with Gasteiger partial charge in [-0.3, -0.25) is 4.79 Å². The molecule has 3 aliphatic rings. The molecular formula is C11H14O2. The summed E-state index contributed by atoms with van der Waals surface area (Å²) in [6.07, 6.45) is 6.69. The second kappa shape index (κ2) is 2.24. The Hall–Kier alpha value is -0.630. The number of allylic oxidation sites excluding steroid dienone is 1. The first-order valence-corrected chi connectivity index (χ1v) is 5.08. The zero-order chi connectivity index (χ0) is 9.05. The van der Waals surface area contributed by atoms with Gasteiger partial charge in [0.05, 0.1) is 0 Å². The van der Waals surface area contributed by atoms with E-state index in [0.717, 1.165) is 19.4 Å². The molecule has 3 rings (SSSR count). The van der Waals surface area contributed by atoms with E-state index < -0.39 is 5.60 Å². The Morgan fingerprint density at radius 1 is 1.54 bits per heavy atom. The first-order valence-electron chi connectivity index (χ1n) is 5.08. The van der Waals surface area contributed by atoms with Crippen molar-refractivity contribution in [1.29, 1.82) is 0 Å². The molecule has 2 heteroatoms. The van der Waals surface area contributed by atoms with Crippen LogP contribution in [0.25, 0.3) is 0 Å². The summed E-state index contributed by atoms with van der Waals surface area (Å²) in [6.45, 7) is 2.46. The SMILES string of the molecule is CC(=O)[C@@]12OCC[C@H]1[C@H]1C=C[C@@H]2C1. The number of fused-ring (bicyclic) bond motifs is 5. The van der Waals surface area contributed by atoms with Crippen LogP contribution < -0.4 is 0 Å². The number of Topliss-reactive ketones (excluding diaryl/α,β-unsaturated/α-hetero) is 1. The van der Waals surface area contributed by atoms with Crippen LogP contribution in [0.5, 0.6) is 0 Å². The number of rotatable bonds is 1. The molecule has 1 saturated carbocycles. The summed E-state index contributed by atoms with van der Waals surface area (Å²) >= 11 is 0. The van der Waals surface area contributed by atoms with Gasteiger partial charge >= 0.3 is 0 Å². The minimum atomic E-state index is -0.403. The number of carbonyl (C=O) groups is 1. The van der Waals surface area contributed by atoms with E-state index in [2.05, 4.69) is 12.2 Å². The molecule has 1 heterocycles. The summed E-state index contributed by atoms with van der Waals surface area (Å²) in [4.78, 5) is 11.7. The van der Waals surface area contributed by atoms with Crippen molar-refractivity contribution in [1.82, 2.24) is 0 Å². The standard InChI is InChI=1S/C11H14O2/c1-7(12)11-9-3-2-8(6-9)10(11)4-5-13-11/h2-3,8-10H,4-6H2,1H3/t8-,9+,10-,11-/m0/s1. The van der Waals surface area contributed by atoms with Gasteiger partial charge in [-0.25, -0.2) is 0 Å². The molecule has 1 aliphatic heterocycles. The lowest BCUT2D eigenvalue weighted by Crippen LogP contribution is -2.46. The predicted octanol–water partition coefficient (Wildman–Crippen LogP) is 1.56. The summed E-state index contributed by atoms with van der Waals surface area (Å²) in [6, 6.07) is 0. The van der Waals surface area contributed by atoms with Gasteiger partial charge in [0.15, 0.2) is 5.78 Å². The van der Waals surface area contributed by atoms with E-state index in [1.54, 1.807) is 6.92 Å². The Morgan fingerprint density at radius 2 is 2.38 bits per heavy atom. The summed E-state index contributed by atoms with van der Waals surface area (Å²) in [5, 5.41) is 0. The maximum Gasteiger partial charge on any atom is 0.162 e. The monoisotopic (exact) mass is 178 g/mol. The molecule has 1 saturated heterocycles. The number of ether oxygens (including phenoxy) is 1. The van der Waals surface area contributed by atoms with Crippen LogP contribution in [0.3, 0.4) is 0 Å². The van der Waals surface area contributed by atoms with Crippen molar-refractivity contribution in [2.75, 3.05) is 6.61 Å². The molecule has 0 aromatic carbocycles. The fourth-order valence-corrected chi connectivity index (χ4v) is 3.56. The third-order valence-corrected chi connectivity index (χ3v) is 4.06. The minimum absolute atomic E-state index is 0.242. The molecule has 70 valence electrons. The normalized spacial score (nSPS) is 51.3. The molecule has 2 bridgehead atoms.